The van der Waals surface area contributed by atoms with Crippen LogP contribution in [0, 0.1) is 17.5 Å². The van der Waals surface area contributed by atoms with Gasteiger partial charge < -0.3 is 10.1 Å². The average molecular weight is 267 g/mol. The molecule has 2 aromatic rings. The predicted molar refractivity (Wildman–Crippen MR) is 66.6 cm³/mol. The maximum absolute atomic E-state index is 13.0. The maximum atomic E-state index is 13.0. The van der Waals surface area contributed by atoms with Gasteiger partial charge in [0.15, 0.2) is 17.5 Å². The fourth-order valence-electron chi connectivity index (χ4n) is 1.70. The van der Waals surface area contributed by atoms with Gasteiger partial charge in [0.05, 0.1) is 12.8 Å². The van der Waals surface area contributed by atoms with Crippen molar-refractivity contribution in [2.24, 2.45) is 0 Å². The largest absolute Gasteiger partial charge is 0.495 e. The van der Waals surface area contributed by atoms with E-state index in [-0.39, 0.29) is 6.54 Å². The summed E-state index contributed by atoms with van der Waals surface area (Å²) in [7, 11) is 1.53. The molecule has 0 unspecified atom stereocenters. The summed E-state index contributed by atoms with van der Waals surface area (Å²) in [6.45, 7) is 0.161. The quantitative estimate of drug-likeness (QED) is 0.852. The summed E-state index contributed by atoms with van der Waals surface area (Å²) in [6.07, 6.45) is 0. The van der Waals surface area contributed by atoms with Crippen LogP contribution in [0.2, 0.25) is 0 Å². The number of benzene rings is 2. The number of ether oxygens (including phenoxy) is 1. The minimum absolute atomic E-state index is 0.161. The van der Waals surface area contributed by atoms with Gasteiger partial charge in [-0.05, 0) is 29.8 Å². The van der Waals surface area contributed by atoms with Gasteiger partial charge >= 0.3 is 0 Å². The molecule has 5 heteroatoms. The molecular formula is C14H12F3NO. The maximum Gasteiger partial charge on any atom is 0.194 e. The smallest absolute Gasteiger partial charge is 0.194 e. The number of anilines is 1. The molecule has 0 atom stereocenters. The molecule has 0 fully saturated rings. The highest BCUT2D eigenvalue weighted by Gasteiger charge is 2.10. The first kappa shape index (κ1) is 13.3. The van der Waals surface area contributed by atoms with Gasteiger partial charge in [-0.15, -0.1) is 0 Å². The van der Waals surface area contributed by atoms with Crippen LogP contribution in [0.25, 0.3) is 0 Å². The monoisotopic (exact) mass is 267 g/mol. The lowest BCUT2D eigenvalue weighted by Crippen LogP contribution is -2.03. The van der Waals surface area contributed by atoms with E-state index in [1.807, 2.05) is 0 Å². The van der Waals surface area contributed by atoms with Crippen LogP contribution in [-0.2, 0) is 6.54 Å². The normalized spacial score (nSPS) is 10.3. The lowest BCUT2D eigenvalue weighted by Gasteiger charge is -2.11. The second-order valence-electron chi connectivity index (χ2n) is 3.93. The Bertz CT molecular complexity index is 564. The summed E-state index contributed by atoms with van der Waals surface area (Å²) in [5.74, 6) is -3.24. The molecule has 2 rings (SSSR count). The molecule has 0 heterocycles. The van der Waals surface area contributed by atoms with E-state index in [1.165, 1.54) is 7.11 Å². The summed E-state index contributed by atoms with van der Waals surface area (Å²) >= 11 is 0. The van der Waals surface area contributed by atoms with Crippen molar-refractivity contribution in [1.82, 2.24) is 0 Å². The first-order valence-electron chi connectivity index (χ1n) is 5.62. The van der Waals surface area contributed by atoms with Crippen LogP contribution in [-0.4, -0.2) is 7.11 Å². The molecule has 0 aliphatic rings. The topological polar surface area (TPSA) is 21.3 Å². The Morgan fingerprint density at radius 1 is 1.05 bits per heavy atom. The molecule has 0 aliphatic heterocycles. The fourth-order valence-corrected chi connectivity index (χ4v) is 1.70. The molecule has 2 nitrogen and oxygen atoms in total. The molecule has 2 aromatic carbocycles. The van der Waals surface area contributed by atoms with Crippen LogP contribution in [0.15, 0.2) is 36.4 Å². The number of methoxy groups -OCH3 is 1. The van der Waals surface area contributed by atoms with Gasteiger partial charge in [0, 0.05) is 6.54 Å². The van der Waals surface area contributed by atoms with Gasteiger partial charge in [-0.2, -0.15) is 0 Å². The Morgan fingerprint density at radius 3 is 2.32 bits per heavy atom. The first-order chi connectivity index (χ1) is 9.11. The van der Waals surface area contributed by atoms with Crippen molar-refractivity contribution >= 4 is 5.69 Å². The molecule has 0 saturated carbocycles. The molecule has 100 valence electrons. The summed E-state index contributed by atoms with van der Waals surface area (Å²) in [5.41, 5.74) is 0.998. The Morgan fingerprint density at radius 2 is 1.68 bits per heavy atom. The highest BCUT2D eigenvalue weighted by molar-refractivity contribution is 5.56. The number of hydrogen-bond acceptors (Lipinski definition) is 2. The molecule has 0 aromatic heterocycles. The fraction of sp³-hybridized carbons (Fsp3) is 0.143. The Kier molecular flexibility index (Phi) is 3.94. The third-order valence-corrected chi connectivity index (χ3v) is 2.63. The second kappa shape index (κ2) is 5.65. The van der Waals surface area contributed by atoms with Crippen molar-refractivity contribution in [1.29, 1.82) is 0 Å². The third kappa shape index (κ3) is 2.99. The van der Waals surface area contributed by atoms with Crippen LogP contribution in [0.4, 0.5) is 18.9 Å². The molecule has 0 bridgehead atoms. The Hall–Kier alpha value is -2.17. The second-order valence-corrected chi connectivity index (χ2v) is 3.93. The number of halogens is 3. The molecule has 0 aliphatic carbocycles. The van der Waals surface area contributed by atoms with Gasteiger partial charge in [-0.1, -0.05) is 12.1 Å². The van der Waals surface area contributed by atoms with Gasteiger partial charge in [0.1, 0.15) is 5.75 Å². The van der Waals surface area contributed by atoms with Crippen molar-refractivity contribution in [2.75, 3.05) is 12.4 Å². The summed E-state index contributed by atoms with van der Waals surface area (Å²) in [5, 5.41) is 2.97. The Balaban J connectivity index is 2.15. The van der Waals surface area contributed by atoms with Crippen LogP contribution < -0.4 is 10.1 Å². The highest BCUT2D eigenvalue weighted by Crippen LogP contribution is 2.24. The molecule has 0 saturated heterocycles. The first-order valence-corrected chi connectivity index (χ1v) is 5.62. The Labute approximate surface area is 108 Å². The molecular weight excluding hydrogens is 255 g/mol. The van der Waals surface area contributed by atoms with Crippen LogP contribution in [0.3, 0.4) is 0 Å². The zero-order valence-corrected chi connectivity index (χ0v) is 10.2. The summed E-state index contributed by atoms with van der Waals surface area (Å²) in [4.78, 5) is 0. The summed E-state index contributed by atoms with van der Waals surface area (Å²) < 4.78 is 44.0. The van der Waals surface area contributed by atoms with Gasteiger partial charge in [0.25, 0.3) is 0 Å². The van der Waals surface area contributed by atoms with Gasteiger partial charge in [-0.3, -0.25) is 0 Å². The number of nitrogens with one attached hydrogen (secondary N) is 1. The zero-order chi connectivity index (χ0) is 13.8. The van der Waals surface area contributed by atoms with Crippen molar-refractivity contribution in [3.63, 3.8) is 0 Å². The minimum atomic E-state index is -1.46. The SMILES string of the molecule is COc1ccccc1NCc1cc(F)c(F)c(F)c1. The molecule has 0 spiro atoms. The van der Waals surface area contributed by atoms with E-state index >= 15 is 0 Å². The standard InChI is InChI=1S/C14H12F3NO/c1-19-13-5-3-2-4-12(13)18-8-9-6-10(15)14(17)11(16)7-9/h2-7,18H,8H2,1H3. The van der Waals surface area contributed by atoms with Crippen LogP contribution in [0.1, 0.15) is 5.56 Å². The number of para-hydroxylation sites is 2. The molecule has 0 amide bonds. The van der Waals surface area contributed by atoms with E-state index in [1.54, 1.807) is 24.3 Å². The van der Waals surface area contributed by atoms with E-state index in [0.717, 1.165) is 12.1 Å². The minimum Gasteiger partial charge on any atom is -0.495 e. The van der Waals surface area contributed by atoms with Gasteiger partial charge in [0.2, 0.25) is 0 Å². The average Bonchev–Trinajstić information content (AvgIpc) is 2.42. The predicted octanol–water partition coefficient (Wildman–Crippen LogP) is 3.72. The summed E-state index contributed by atoms with van der Waals surface area (Å²) in [6, 6.07) is 9.06. The van der Waals surface area contributed by atoms with Crippen molar-refractivity contribution in [3.05, 3.63) is 59.4 Å². The van der Waals surface area contributed by atoms with Gasteiger partial charge in [-0.25, -0.2) is 13.2 Å². The van der Waals surface area contributed by atoms with Crippen molar-refractivity contribution in [3.8, 4) is 5.75 Å². The number of hydrogen-bond donors (Lipinski definition) is 1. The van der Waals surface area contributed by atoms with Crippen molar-refractivity contribution < 1.29 is 17.9 Å². The van der Waals surface area contributed by atoms with E-state index in [0.29, 0.717) is 17.0 Å². The molecule has 1 N–H and O–H groups in total. The van der Waals surface area contributed by atoms with E-state index in [2.05, 4.69) is 5.32 Å². The molecule has 0 radical (unpaired) electrons. The van der Waals surface area contributed by atoms with Crippen molar-refractivity contribution in [2.45, 2.75) is 6.54 Å². The van der Waals surface area contributed by atoms with E-state index < -0.39 is 17.5 Å². The van der Waals surface area contributed by atoms with Crippen LogP contribution in [0.5, 0.6) is 5.75 Å². The molecule has 19 heavy (non-hydrogen) atoms. The third-order valence-electron chi connectivity index (χ3n) is 2.63. The lowest BCUT2D eigenvalue weighted by atomic mass is 10.2. The zero-order valence-electron chi connectivity index (χ0n) is 10.2. The van der Waals surface area contributed by atoms with E-state index in [9.17, 15) is 13.2 Å². The highest BCUT2D eigenvalue weighted by atomic mass is 19.2. The van der Waals surface area contributed by atoms with E-state index in [4.69, 9.17) is 4.74 Å². The number of rotatable bonds is 4. The van der Waals surface area contributed by atoms with Crippen LogP contribution >= 0.6 is 0 Å². The lowest BCUT2D eigenvalue weighted by molar-refractivity contribution is 0.416.